The van der Waals surface area contributed by atoms with E-state index < -0.39 is 0 Å². The molecule has 1 aromatic carbocycles. The van der Waals surface area contributed by atoms with Crippen LogP contribution in [0.25, 0.3) is 0 Å². The van der Waals surface area contributed by atoms with Crippen LogP contribution in [0, 0.1) is 0 Å². The van der Waals surface area contributed by atoms with E-state index in [-0.39, 0.29) is 11.6 Å². The number of amides is 2. The molecule has 0 aromatic heterocycles. The lowest BCUT2D eigenvalue weighted by Crippen LogP contribution is -2.66. The number of carbonyl (C=O) groups excluding carboxylic acids is 1. The number of hydrogen-bond donors (Lipinski definition) is 1. The van der Waals surface area contributed by atoms with Crippen LogP contribution < -0.4 is 5.73 Å². The Hall–Kier alpha value is -1.63. The minimum absolute atomic E-state index is 0.146. The summed E-state index contributed by atoms with van der Waals surface area (Å²) in [6.07, 6.45) is 6.94. The summed E-state index contributed by atoms with van der Waals surface area (Å²) in [5.41, 5.74) is 6.86. The molecule has 0 bridgehead atoms. The molecule has 3 aliphatic rings. The molecule has 2 N–H and O–H groups in total. The summed E-state index contributed by atoms with van der Waals surface area (Å²) in [4.78, 5) is 15.9. The molecule has 2 amide bonds. The largest absolute Gasteiger partial charge is 0.378 e. The summed E-state index contributed by atoms with van der Waals surface area (Å²) < 4.78 is 12.2. The van der Waals surface area contributed by atoms with Crippen LogP contribution in [-0.4, -0.2) is 67.1 Å². The fourth-order valence-corrected chi connectivity index (χ4v) is 5.13. The Morgan fingerprint density at radius 3 is 2.71 bits per heavy atom. The summed E-state index contributed by atoms with van der Waals surface area (Å²) in [6.45, 7) is 4.24. The van der Waals surface area contributed by atoms with Crippen molar-refractivity contribution in [2.45, 2.75) is 56.1 Å². The van der Waals surface area contributed by atoms with Crippen LogP contribution in [0.5, 0.6) is 0 Å². The van der Waals surface area contributed by atoms with E-state index in [1.807, 2.05) is 0 Å². The number of nitrogens with two attached hydrogens (primary N) is 1. The van der Waals surface area contributed by atoms with Gasteiger partial charge >= 0.3 is 6.03 Å². The molecule has 0 radical (unpaired) electrons. The van der Waals surface area contributed by atoms with Crippen molar-refractivity contribution in [1.82, 2.24) is 9.80 Å². The van der Waals surface area contributed by atoms with Crippen molar-refractivity contribution in [3.63, 3.8) is 0 Å². The highest BCUT2D eigenvalue weighted by Crippen LogP contribution is 2.35. The molecule has 1 aromatic rings. The molecule has 3 fully saturated rings. The molecule has 2 heterocycles. The first-order chi connectivity index (χ1) is 13.7. The lowest BCUT2D eigenvalue weighted by atomic mass is 9.83. The van der Waals surface area contributed by atoms with E-state index in [4.69, 9.17) is 15.2 Å². The maximum absolute atomic E-state index is 11.7. The predicted octanol–water partition coefficient (Wildman–Crippen LogP) is 2.93. The normalized spacial score (nSPS) is 31.8. The Bertz CT molecular complexity index is 644. The van der Waals surface area contributed by atoms with E-state index in [9.17, 15) is 4.79 Å². The molecule has 1 atom stereocenters. The van der Waals surface area contributed by atoms with E-state index in [2.05, 4.69) is 35.2 Å². The highest BCUT2D eigenvalue weighted by molar-refractivity contribution is 5.72. The Labute approximate surface area is 168 Å². The topological polar surface area (TPSA) is 68.0 Å². The average molecular weight is 388 g/mol. The van der Waals surface area contributed by atoms with Crippen molar-refractivity contribution in [2.24, 2.45) is 5.73 Å². The van der Waals surface area contributed by atoms with Crippen LogP contribution in [-0.2, 0) is 9.47 Å². The maximum Gasteiger partial charge on any atom is 0.314 e. The monoisotopic (exact) mass is 387 g/mol. The fraction of sp³-hybridized carbons (Fsp3) is 0.682. The molecule has 154 valence electrons. The Morgan fingerprint density at radius 2 is 1.96 bits per heavy atom. The van der Waals surface area contributed by atoms with Gasteiger partial charge in [-0.25, -0.2) is 4.79 Å². The van der Waals surface area contributed by atoms with E-state index in [1.165, 1.54) is 18.4 Å². The first kappa shape index (κ1) is 19.7. The van der Waals surface area contributed by atoms with Crippen LogP contribution in [0.4, 0.5) is 4.79 Å². The molecule has 6 heteroatoms. The van der Waals surface area contributed by atoms with Gasteiger partial charge in [0.05, 0.1) is 24.9 Å². The highest BCUT2D eigenvalue weighted by atomic mass is 16.5. The number of hydrogen-bond acceptors (Lipinski definition) is 4. The number of rotatable bonds is 4. The summed E-state index contributed by atoms with van der Waals surface area (Å²) >= 11 is 0. The van der Waals surface area contributed by atoms with Crippen molar-refractivity contribution < 1.29 is 14.3 Å². The second kappa shape index (κ2) is 8.80. The number of morpholine rings is 1. The van der Waals surface area contributed by atoms with Gasteiger partial charge in [-0.1, -0.05) is 30.3 Å². The zero-order valence-corrected chi connectivity index (χ0v) is 16.7. The molecule has 2 aliphatic heterocycles. The lowest BCUT2D eigenvalue weighted by molar-refractivity contribution is -0.148. The highest BCUT2D eigenvalue weighted by Gasteiger charge is 2.44. The minimum Gasteiger partial charge on any atom is -0.378 e. The summed E-state index contributed by atoms with van der Waals surface area (Å²) in [5, 5.41) is 0. The SMILES string of the molecule is NC(=O)N1CCCC2(COCCN2COC2CCC(c3ccccc3)CC2)C1. The number of ether oxygens (including phenoxy) is 2. The molecule has 6 nitrogen and oxygen atoms in total. The van der Waals surface area contributed by atoms with Gasteiger partial charge in [-0.2, -0.15) is 0 Å². The second-order valence-corrected chi connectivity index (χ2v) is 8.58. The zero-order chi connectivity index (χ0) is 19.4. The van der Waals surface area contributed by atoms with E-state index in [1.54, 1.807) is 4.90 Å². The number of urea groups is 1. The van der Waals surface area contributed by atoms with Crippen LogP contribution >= 0.6 is 0 Å². The molecule has 1 aliphatic carbocycles. The maximum atomic E-state index is 11.7. The van der Waals surface area contributed by atoms with Gasteiger partial charge in [0.25, 0.3) is 0 Å². The Kier molecular flexibility index (Phi) is 6.19. The van der Waals surface area contributed by atoms with Crippen molar-refractivity contribution in [3.05, 3.63) is 35.9 Å². The number of benzene rings is 1. The van der Waals surface area contributed by atoms with Gasteiger partial charge < -0.3 is 20.1 Å². The molecule has 1 saturated carbocycles. The van der Waals surface area contributed by atoms with Gasteiger partial charge in [0, 0.05) is 19.6 Å². The van der Waals surface area contributed by atoms with Crippen molar-refractivity contribution in [3.8, 4) is 0 Å². The molecule has 28 heavy (non-hydrogen) atoms. The molecule has 1 unspecified atom stereocenters. The van der Waals surface area contributed by atoms with E-state index in [0.29, 0.717) is 31.9 Å². The molecular weight excluding hydrogens is 354 g/mol. The minimum atomic E-state index is -0.329. The van der Waals surface area contributed by atoms with Gasteiger partial charge in [-0.3, -0.25) is 4.90 Å². The summed E-state index contributed by atoms with van der Waals surface area (Å²) in [5.74, 6) is 0.665. The number of likely N-dealkylation sites (tertiary alicyclic amines) is 1. The molecule has 4 rings (SSSR count). The van der Waals surface area contributed by atoms with Gasteiger partial charge in [-0.15, -0.1) is 0 Å². The number of primary amides is 1. The summed E-state index contributed by atoms with van der Waals surface area (Å²) in [6, 6.07) is 10.5. The third-order valence-corrected chi connectivity index (χ3v) is 6.83. The third-order valence-electron chi connectivity index (χ3n) is 6.83. The third kappa shape index (κ3) is 4.34. The standard InChI is InChI=1S/C22H33N3O3/c23-21(26)24-12-4-11-22(15-24)16-27-14-13-25(22)17-28-20-9-7-19(8-10-20)18-5-2-1-3-6-18/h1-3,5-6,19-20H,4,7-17H2,(H2,23,26). The smallest absolute Gasteiger partial charge is 0.314 e. The van der Waals surface area contributed by atoms with Crippen LogP contribution in [0.3, 0.4) is 0 Å². The van der Waals surface area contributed by atoms with Crippen molar-refractivity contribution in [1.29, 1.82) is 0 Å². The van der Waals surface area contributed by atoms with Crippen LogP contribution in [0.1, 0.15) is 50.0 Å². The van der Waals surface area contributed by atoms with Gasteiger partial charge in [0.1, 0.15) is 6.73 Å². The molecular formula is C22H33N3O3. The first-order valence-corrected chi connectivity index (χ1v) is 10.7. The predicted molar refractivity (Wildman–Crippen MR) is 108 cm³/mol. The second-order valence-electron chi connectivity index (χ2n) is 8.58. The van der Waals surface area contributed by atoms with Gasteiger partial charge in [0.2, 0.25) is 0 Å². The molecule has 2 saturated heterocycles. The Morgan fingerprint density at radius 1 is 1.18 bits per heavy atom. The number of carbonyl (C=O) groups is 1. The van der Waals surface area contributed by atoms with Crippen LogP contribution in [0.2, 0.25) is 0 Å². The average Bonchev–Trinajstić information content (AvgIpc) is 2.74. The Balaban J connectivity index is 1.30. The lowest BCUT2D eigenvalue weighted by Gasteiger charge is -2.51. The van der Waals surface area contributed by atoms with E-state index >= 15 is 0 Å². The quantitative estimate of drug-likeness (QED) is 0.863. The molecule has 1 spiro atoms. The summed E-state index contributed by atoms with van der Waals surface area (Å²) in [7, 11) is 0. The zero-order valence-electron chi connectivity index (χ0n) is 16.7. The van der Waals surface area contributed by atoms with E-state index in [0.717, 1.165) is 45.4 Å². The number of piperidine rings is 1. The van der Waals surface area contributed by atoms with Gasteiger partial charge in [0.15, 0.2) is 0 Å². The van der Waals surface area contributed by atoms with Crippen LogP contribution in [0.15, 0.2) is 30.3 Å². The fourth-order valence-electron chi connectivity index (χ4n) is 5.13. The number of nitrogens with zero attached hydrogens (tertiary/aromatic N) is 2. The van der Waals surface area contributed by atoms with Crippen molar-refractivity contribution >= 4 is 6.03 Å². The first-order valence-electron chi connectivity index (χ1n) is 10.7. The van der Waals surface area contributed by atoms with Crippen molar-refractivity contribution in [2.75, 3.05) is 39.6 Å². The van der Waals surface area contributed by atoms with Gasteiger partial charge in [-0.05, 0) is 50.0 Å².